The molecule has 1 aliphatic heterocycles. The SMILES string of the molecule is NCC(O)CN1CC(S(N)(=O)=O)CC1=O. The second kappa shape index (κ2) is 4.44. The monoisotopic (exact) mass is 237 g/mol. The van der Waals surface area contributed by atoms with Crippen LogP contribution in [0.1, 0.15) is 6.42 Å². The molecule has 1 aliphatic rings. The molecule has 0 bridgehead atoms. The van der Waals surface area contributed by atoms with Crippen LogP contribution in [0.4, 0.5) is 0 Å². The quantitative estimate of drug-likeness (QED) is 0.486. The van der Waals surface area contributed by atoms with E-state index < -0.39 is 21.4 Å². The number of likely N-dealkylation sites (tertiary alicyclic amines) is 1. The van der Waals surface area contributed by atoms with Gasteiger partial charge in [-0.2, -0.15) is 0 Å². The zero-order valence-electron chi connectivity index (χ0n) is 8.17. The zero-order chi connectivity index (χ0) is 11.6. The van der Waals surface area contributed by atoms with Crippen molar-refractivity contribution in [3.63, 3.8) is 0 Å². The van der Waals surface area contributed by atoms with Gasteiger partial charge < -0.3 is 15.7 Å². The Hall–Kier alpha value is -0.700. The largest absolute Gasteiger partial charge is 0.390 e. The molecule has 0 aromatic heterocycles. The molecule has 2 atom stereocenters. The van der Waals surface area contributed by atoms with Gasteiger partial charge in [-0.15, -0.1) is 0 Å². The summed E-state index contributed by atoms with van der Waals surface area (Å²) in [4.78, 5) is 12.6. The van der Waals surface area contributed by atoms with Crippen molar-refractivity contribution in [1.29, 1.82) is 0 Å². The van der Waals surface area contributed by atoms with E-state index in [4.69, 9.17) is 10.9 Å². The molecular formula is C7H15N3O4S. The second-order valence-electron chi connectivity index (χ2n) is 3.60. The first-order valence-corrected chi connectivity index (χ1v) is 6.13. The molecule has 0 aromatic rings. The number of β-amino-alcohol motifs (C(OH)–C–C–N with tert-alkyl or cyclic N) is 1. The van der Waals surface area contributed by atoms with Gasteiger partial charge >= 0.3 is 0 Å². The third-order valence-corrected chi connectivity index (χ3v) is 3.59. The van der Waals surface area contributed by atoms with Gasteiger partial charge in [0.25, 0.3) is 0 Å². The van der Waals surface area contributed by atoms with Gasteiger partial charge in [0, 0.05) is 26.1 Å². The number of nitrogens with zero attached hydrogens (tertiary/aromatic N) is 1. The number of nitrogens with two attached hydrogens (primary N) is 2. The van der Waals surface area contributed by atoms with E-state index in [2.05, 4.69) is 0 Å². The normalized spacial score (nSPS) is 24.6. The highest BCUT2D eigenvalue weighted by molar-refractivity contribution is 7.89. The molecule has 2 unspecified atom stereocenters. The molecule has 0 aromatic carbocycles. The lowest BCUT2D eigenvalue weighted by Crippen LogP contribution is -2.38. The summed E-state index contributed by atoms with van der Waals surface area (Å²) < 4.78 is 22.0. The first-order valence-electron chi connectivity index (χ1n) is 4.52. The molecule has 0 spiro atoms. The number of sulfonamides is 1. The summed E-state index contributed by atoms with van der Waals surface area (Å²) in [6.07, 6.45) is -0.941. The smallest absolute Gasteiger partial charge is 0.224 e. The fraction of sp³-hybridized carbons (Fsp3) is 0.857. The number of carbonyl (C=O) groups is 1. The van der Waals surface area contributed by atoms with Crippen molar-refractivity contribution >= 4 is 15.9 Å². The Labute approximate surface area is 88.1 Å². The Balaban J connectivity index is 2.61. The van der Waals surface area contributed by atoms with Gasteiger partial charge in [0.1, 0.15) is 5.25 Å². The molecule has 1 amide bonds. The molecule has 1 rings (SSSR count). The summed E-state index contributed by atoms with van der Waals surface area (Å²) in [7, 11) is -3.69. The van der Waals surface area contributed by atoms with E-state index >= 15 is 0 Å². The number of amides is 1. The van der Waals surface area contributed by atoms with Gasteiger partial charge in [-0.3, -0.25) is 4.79 Å². The second-order valence-corrected chi connectivity index (χ2v) is 5.45. The highest BCUT2D eigenvalue weighted by atomic mass is 32.2. The zero-order valence-corrected chi connectivity index (χ0v) is 8.98. The summed E-state index contributed by atoms with van der Waals surface area (Å²) >= 11 is 0. The summed E-state index contributed by atoms with van der Waals surface area (Å²) in [5.74, 6) is -0.318. The molecule has 0 saturated carbocycles. The van der Waals surface area contributed by atoms with Crippen LogP contribution in [0.25, 0.3) is 0 Å². The van der Waals surface area contributed by atoms with E-state index in [0.29, 0.717) is 0 Å². The predicted octanol–water partition coefficient (Wildman–Crippen LogP) is -2.80. The van der Waals surface area contributed by atoms with E-state index in [1.165, 1.54) is 4.90 Å². The minimum Gasteiger partial charge on any atom is -0.390 e. The Morgan fingerprint density at radius 2 is 2.20 bits per heavy atom. The molecule has 15 heavy (non-hydrogen) atoms. The lowest BCUT2D eigenvalue weighted by Gasteiger charge is -2.19. The van der Waals surface area contributed by atoms with Gasteiger partial charge in [0.05, 0.1) is 6.10 Å². The highest BCUT2D eigenvalue weighted by Crippen LogP contribution is 2.16. The Bertz CT molecular complexity index is 342. The molecule has 7 nitrogen and oxygen atoms in total. The maximum absolute atomic E-state index is 11.3. The van der Waals surface area contributed by atoms with Crippen molar-refractivity contribution in [1.82, 2.24) is 4.90 Å². The maximum atomic E-state index is 11.3. The van der Waals surface area contributed by atoms with E-state index in [1.54, 1.807) is 0 Å². The van der Waals surface area contributed by atoms with Gasteiger partial charge in [-0.25, -0.2) is 13.6 Å². The standard InChI is InChI=1S/C7H15N3O4S/c8-2-5(11)3-10-4-6(1-7(10)12)15(9,13)14/h5-6,11H,1-4,8H2,(H2,9,13,14). The van der Waals surface area contributed by atoms with Crippen molar-refractivity contribution in [2.45, 2.75) is 17.8 Å². The first-order chi connectivity index (χ1) is 6.84. The van der Waals surface area contributed by atoms with Gasteiger partial charge in [-0.05, 0) is 0 Å². The van der Waals surface area contributed by atoms with Gasteiger partial charge in [-0.1, -0.05) is 0 Å². The van der Waals surface area contributed by atoms with E-state index in [0.717, 1.165) is 0 Å². The first kappa shape index (κ1) is 12.4. The molecule has 88 valence electrons. The summed E-state index contributed by atoms with van der Waals surface area (Å²) in [5, 5.41) is 13.3. The van der Waals surface area contributed by atoms with Crippen LogP contribution in [0.15, 0.2) is 0 Å². The van der Waals surface area contributed by atoms with Crippen molar-refractivity contribution < 1.29 is 18.3 Å². The van der Waals surface area contributed by atoms with E-state index in [-0.39, 0.29) is 32.0 Å². The predicted molar refractivity (Wildman–Crippen MR) is 53.2 cm³/mol. The van der Waals surface area contributed by atoms with Crippen LogP contribution in [0.5, 0.6) is 0 Å². The number of carbonyl (C=O) groups excluding carboxylic acids is 1. The number of aliphatic hydroxyl groups excluding tert-OH is 1. The molecule has 1 saturated heterocycles. The number of hydrogen-bond acceptors (Lipinski definition) is 5. The van der Waals surface area contributed by atoms with Crippen molar-refractivity contribution in [2.24, 2.45) is 10.9 Å². The Morgan fingerprint density at radius 1 is 1.60 bits per heavy atom. The van der Waals surface area contributed by atoms with Crippen molar-refractivity contribution in [3.8, 4) is 0 Å². The molecule has 0 aliphatic carbocycles. The molecular weight excluding hydrogens is 222 g/mol. The molecule has 1 fully saturated rings. The van der Waals surface area contributed by atoms with E-state index in [1.807, 2.05) is 0 Å². The fourth-order valence-electron chi connectivity index (χ4n) is 1.46. The molecule has 5 N–H and O–H groups in total. The summed E-state index contributed by atoms with van der Waals surface area (Å²) in [6.45, 7) is 0.125. The van der Waals surface area contributed by atoms with E-state index in [9.17, 15) is 18.3 Å². The van der Waals surface area contributed by atoms with Crippen molar-refractivity contribution in [2.75, 3.05) is 19.6 Å². The topological polar surface area (TPSA) is 127 Å². The Kier molecular flexibility index (Phi) is 3.66. The van der Waals surface area contributed by atoms with Crippen LogP contribution in [0.2, 0.25) is 0 Å². The van der Waals surface area contributed by atoms with Gasteiger partial charge in [0.15, 0.2) is 0 Å². The lowest BCUT2D eigenvalue weighted by atomic mass is 10.3. The molecule has 0 radical (unpaired) electrons. The van der Waals surface area contributed by atoms with Crippen LogP contribution >= 0.6 is 0 Å². The Morgan fingerprint density at radius 3 is 2.60 bits per heavy atom. The summed E-state index contributed by atoms with van der Waals surface area (Å²) in [5.41, 5.74) is 5.19. The van der Waals surface area contributed by atoms with Crippen LogP contribution in [-0.4, -0.2) is 55.3 Å². The summed E-state index contributed by atoms with van der Waals surface area (Å²) in [6, 6.07) is 0. The highest BCUT2D eigenvalue weighted by Gasteiger charge is 2.36. The number of hydrogen-bond donors (Lipinski definition) is 3. The van der Waals surface area contributed by atoms with Crippen LogP contribution in [0.3, 0.4) is 0 Å². The minimum absolute atomic E-state index is 0.0316. The number of rotatable bonds is 4. The van der Waals surface area contributed by atoms with Crippen LogP contribution < -0.4 is 10.9 Å². The molecule has 1 heterocycles. The average Bonchev–Trinajstić information content (AvgIpc) is 2.47. The van der Waals surface area contributed by atoms with Crippen LogP contribution in [0, 0.1) is 0 Å². The third-order valence-electron chi connectivity index (χ3n) is 2.35. The maximum Gasteiger partial charge on any atom is 0.224 e. The lowest BCUT2D eigenvalue weighted by molar-refractivity contribution is -0.128. The van der Waals surface area contributed by atoms with Crippen LogP contribution in [-0.2, 0) is 14.8 Å². The average molecular weight is 237 g/mol. The fourth-order valence-corrected chi connectivity index (χ4v) is 2.22. The van der Waals surface area contributed by atoms with Crippen molar-refractivity contribution in [3.05, 3.63) is 0 Å². The number of primary sulfonamides is 1. The third kappa shape index (κ3) is 3.13. The van der Waals surface area contributed by atoms with Gasteiger partial charge in [0.2, 0.25) is 15.9 Å². The minimum atomic E-state index is -3.69. The molecule has 8 heteroatoms. The number of aliphatic hydroxyl groups is 1.